The molecule has 0 bridgehead atoms. The third-order valence-corrected chi connectivity index (χ3v) is 1.81. The summed E-state index contributed by atoms with van der Waals surface area (Å²) in [5, 5.41) is 3.18. The Labute approximate surface area is 68.6 Å². The molecule has 0 aromatic rings. The molecule has 1 N–H and O–H groups in total. The third-order valence-electron chi connectivity index (χ3n) is 1.81. The molecule has 1 atom stereocenters. The van der Waals surface area contributed by atoms with Crippen LogP contribution in [0.1, 0.15) is 32.6 Å². The van der Waals surface area contributed by atoms with Gasteiger partial charge in [-0.05, 0) is 25.5 Å². The second-order valence-corrected chi connectivity index (χ2v) is 2.86. The average Bonchev–Trinajstić information content (AvgIpc) is 2.07. The van der Waals surface area contributed by atoms with E-state index in [0.717, 1.165) is 19.4 Å². The third kappa shape index (κ3) is 3.42. The molecule has 0 aromatic carbocycles. The molecule has 1 aliphatic rings. The molecule has 0 fully saturated rings. The summed E-state index contributed by atoms with van der Waals surface area (Å²) in [5.74, 6) is 0. The average molecular weight is 155 g/mol. The van der Waals surface area contributed by atoms with Gasteiger partial charge in [0.05, 0.1) is 0 Å². The van der Waals surface area contributed by atoms with Crippen LogP contribution >= 0.6 is 0 Å². The fraction of sp³-hybridized carbons (Fsp3) is 0.778. The van der Waals surface area contributed by atoms with Crippen LogP contribution in [-0.2, 0) is 4.74 Å². The molecule has 0 aliphatic carbocycles. The molecule has 2 nitrogen and oxygen atoms in total. The van der Waals surface area contributed by atoms with E-state index in [4.69, 9.17) is 4.74 Å². The van der Waals surface area contributed by atoms with E-state index in [-0.39, 0.29) is 6.23 Å². The van der Waals surface area contributed by atoms with Crippen LogP contribution in [0.5, 0.6) is 0 Å². The van der Waals surface area contributed by atoms with Gasteiger partial charge >= 0.3 is 0 Å². The Kier molecular flexibility index (Phi) is 4.06. The van der Waals surface area contributed by atoms with Gasteiger partial charge in [-0.1, -0.05) is 19.4 Å². The number of hydrogen-bond donors (Lipinski definition) is 1. The smallest absolute Gasteiger partial charge is 0.127 e. The lowest BCUT2D eigenvalue weighted by molar-refractivity contribution is 0.0294. The fourth-order valence-electron chi connectivity index (χ4n) is 1.09. The highest BCUT2D eigenvalue weighted by molar-refractivity contribution is 4.86. The Hall–Kier alpha value is -0.500. The topological polar surface area (TPSA) is 21.3 Å². The minimum atomic E-state index is 0.270. The van der Waals surface area contributed by atoms with Crippen molar-refractivity contribution >= 4 is 0 Å². The van der Waals surface area contributed by atoms with Gasteiger partial charge in [-0.15, -0.1) is 0 Å². The van der Waals surface area contributed by atoms with Crippen LogP contribution in [0.4, 0.5) is 0 Å². The minimum Gasteiger partial charge on any atom is -0.367 e. The zero-order valence-electron chi connectivity index (χ0n) is 7.18. The number of nitrogens with one attached hydrogen (secondary N) is 1. The van der Waals surface area contributed by atoms with E-state index in [0.29, 0.717) is 0 Å². The van der Waals surface area contributed by atoms with Crippen LogP contribution in [0.3, 0.4) is 0 Å². The second kappa shape index (κ2) is 5.19. The molecule has 11 heavy (non-hydrogen) atoms. The van der Waals surface area contributed by atoms with Crippen molar-refractivity contribution in [3.05, 3.63) is 12.3 Å². The summed E-state index contributed by atoms with van der Waals surface area (Å²) in [6.07, 6.45) is 9.03. The Morgan fingerprint density at radius 3 is 3.18 bits per heavy atom. The number of unbranched alkanes of at least 4 members (excludes halogenated alkanes) is 1. The first-order valence-electron chi connectivity index (χ1n) is 4.46. The highest BCUT2D eigenvalue weighted by Gasteiger charge is 2.07. The minimum absolute atomic E-state index is 0.270. The standard InChI is InChI=1S/C9H17NO/c1-2-3-8-11-9-6-4-5-7-10-9/h5,7,9-10H,2-4,6,8H2,1H3. The summed E-state index contributed by atoms with van der Waals surface area (Å²) < 4.78 is 5.56. The normalized spacial score (nSPS) is 23.2. The molecule has 1 aliphatic heterocycles. The summed E-state index contributed by atoms with van der Waals surface area (Å²) in [7, 11) is 0. The van der Waals surface area contributed by atoms with Gasteiger partial charge in [0.15, 0.2) is 0 Å². The maximum atomic E-state index is 5.56. The second-order valence-electron chi connectivity index (χ2n) is 2.86. The number of ether oxygens (including phenoxy) is 1. The monoisotopic (exact) mass is 155 g/mol. The Morgan fingerprint density at radius 1 is 1.64 bits per heavy atom. The SMILES string of the molecule is CCCCOC1CCC=CN1. The lowest BCUT2D eigenvalue weighted by atomic mass is 10.2. The van der Waals surface area contributed by atoms with Crippen LogP contribution in [0.15, 0.2) is 12.3 Å². The van der Waals surface area contributed by atoms with E-state index in [2.05, 4.69) is 18.3 Å². The molecule has 2 heteroatoms. The lowest BCUT2D eigenvalue weighted by Gasteiger charge is -2.20. The maximum Gasteiger partial charge on any atom is 0.127 e. The molecule has 0 amide bonds. The molecule has 1 unspecified atom stereocenters. The molecule has 1 heterocycles. The quantitative estimate of drug-likeness (QED) is 0.627. The van der Waals surface area contributed by atoms with Gasteiger partial charge in [-0.2, -0.15) is 0 Å². The summed E-state index contributed by atoms with van der Waals surface area (Å²) >= 11 is 0. The van der Waals surface area contributed by atoms with Crippen molar-refractivity contribution < 1.29 is 4.74 Å². The maximum absolute atomic E-state index is 5.56. The Bertz CT molecular complexity index is 123. The van der Waals surface area contributed by atoms with Crippen molar-refractivity contribution in [3.8, 4) is 0 Å². The highest BCUT2D eigenvalue weighted by Crippen LogP contribution is 2.05. The zero-order valence-corrected chi connectivity index (χ0v) is 7.18. The predicted octanol–water partition coefficient (Wildman–Crippen LogP) is 2.03. The molecule has 0 spiro atoms. The van der Waals surface area contributed by atoms with Gasteiger partial charge in [0.25, 0.3) is 0 Å². The molecule has 0 saturated heterocycles. The summed E-state index contributed by atoms with van der Waals surface area (Å²) in [6.45, 7) is 3.07. The molecule has 0 radical (unpaired) electrons. The summed E-state index contributed by atoms with van der Waals surface area (Å²) in [6, 6.07) is 0. The molecule has 64 valence electrons. The van der Waals surface area contributed by atoms with Crippen LogP contribution in [0.25, 0.3) is 0 Å². The molecular formula is C9H17NO. The van der Waals surface area contributed by atoms with Gasteiger partial charge < -0.3 is 10.1 Å². The van der Waals surface area contributed by atoms with E-state index in [1.54, 1.807) is 0 Å². The van der Waals surface area contributed by atoms with E-state index < -0.39 is 0 Å². The highest BCUT2D eigenvalue weighted by atomic mass is 16.5. The predicted molar refractivity (Wildman–Crippen MR) is 46.2 cm³/mol. The van der Waals surface area contributed by atoms with E-state index in [9.17, 15) is 0 Å². The van der Waals surface area contributed by atoms with Crippen molar-refractivity contribution in [3.63, 3.8) is 0 Å². The van der Waals surface area contributed by atoms with Crippen molar-refractivity contribution in [2.24, 2.45) is 0 Å². The Balaban J connectivity index is 2.02. The van der Waals surface area contributed by atoms with E-state index in [1.165, 1.54) is 12.8 Å². The fourth-order valence-corrected chi connectivity index (χ4v) is 1.09. The number of rotatable bonds is 4. The van der Waals surface area contributed by atoms with Crippen molar-refractivity contribution in [1.29, 1.82) is 0 Å². The largest absolute Gasteiger partial charge is 0.367 e. The lowest BCUT2D eigenvalue weighted by Crippen LogP contribution is -2.29. The first kappa shape index (κ1) is 8.60. The first-order chi connectivity index (χ1) is 5.43. The van der Waals surface area contributed by atoms with Crippen LogP contribution in [0.2, 0.25) is 0 Å². The number of hydrogen-bond acceptors (Lipinski definition) is 2. The summed E-state index contributed by atoms with van der Waals surface area (Å²) in [5.41, 5.74) is 0. The Morgan fingerprint density at radius 2 is 2.55 bits per heavy atom. The first-order valence-corrected chi connectivity index (χ1v) is 4.46. The van der Waals surface area contributed by atoms with E-state index >= 15 is 0 Å². The molecule has 0 aromatic heterocycles. The number of allylic oxidation sites excluding steroid dienone is 1. The van der Waals surface area contributed by atoms with Gasteiger partial charge in [0, 0.05) is 6.61 Å². The van der Waals surface area contributed by atoms with Crippen molar-refractivity contribution in [2.45, 2.75) is 38.8 Å². The zero-order chi connectivity index (χ0) is 7.94. The molecular weight excluding hydrogens is 138 g/mol. The van der Waals surface area contributed by atoms with Gasteiger partial charge in [0.1, 0.15) is 6.23 Å². The summed E-state index contributed by atoms with van der Waals surface area (Å²) in [4.78, 5) is 0. The van der Waals surface area contributed by atoms with Crippen LogP contribution < -0.4 is 5.32 Å². The van der Waals surface area contributed by atoms with Crippen LogP contribution in [-0.4, -0.2) is 12.8 Å². The molecule has 1 rings (SSSR count). The van der Waals surface area contributed by atoms with Crippen LogP contribution in [0, 0.1) is 0 Å². The van der Waals surface area contributed by atoms with E-state index in [1.807, 2.05) is 6.20 Å². The van der Waals surface area contributed by atoms with Gasteiger partial charge in [-0.25, -0.2) is 0 Å². The molecule has 0 saturated carbocycles. The van der Waals surface area contributed by atoms with Gasteiger partial charge in [0.2, 0.25) is 0 Å². The van der Waals surface area contributed by atoms with Gasteiger partial charge in [-0.3, -0.25) is 0 Å². The van der Waals surface area contributed by atoms with Crippen molar-refractivity contribution in [2.75, 3.05) is 6.61 Å². The van der Waals surface area contributed by atoms with Crippen molar-refractivity contribution in [1.82, 2.24) is 5.32 Å².